The van der Waals surface area contributed by atoms with Crippen LogP contribution >= 0.6 is 0 Å². The molecule has 0 fully saturated rings. The third-order valence-corrected chi connectivity index (χ3v) is 5.78. The smallest absolute Gasteiger partial charge is 0.248 e. The zero-order valence-corrected chi connectivity index (χ0v) is 18.5. The highest BCUT2D eigenvalue weighted by molar-refractivity contribution is 6.20. The number of amides is 1. The lowest BCUT2D eigenvalue weighted by molar-refractivity contribution is -0.111. The molecule has 1 aliphatic rings. The molecule has 0 saturated heterocycles. The molecule has 0 aromatic heterocycles. The first-order chi connectivity index (χ1) is 17.0. The molecule has 0 saturated carbocycles. The number of rotatable bonds is 4. The van der Waals surface area contributed by atoms with E-state index in [-0.39, 0.29) is 5.78 Å². The van der Waals surface area contributed by atoms with E-state index in [0.717, 1.165) is 34.4 Å². The molecule has 170 valence electrons. The van der Waals surface area contributed by atoms with Gasteiger partial charge in [-0.05, 0) is 64.2 Å². The molecule has 0 heterocycles. The third kappa shape index (κ3) is 4.57. The molecule has 5 heteroatoms. The largest absolute Gasteiger partial charge is 0.323 e. The van der Waals surface area contributed by atoms with E-state index in [2.05, 4.69) is 5.32 Å². The number of anilines is 1. The monoisotopic (exact) mass is 463 g/mol. The second-order valence-electron chi connectivity index (χ2n) is 8.10. The zero-order valence-electron chi connectivity index (χ0n) is 18.5. The first kappa shape index (κ1) is 22.2. The summed E-state index contributed by atoms with van der Waals surface area (Å²) in [5.41, 5.74) is 5.96. The topological polar surface area (TPSA) is 46.2 Å². The van der Waals surface area contributed by atoms with Crippen molar-refractivity contribution < 1.29 is 18.4 Å². The van der Waals surface area contributed by atoms with Crippen molar-refractivity contribution in [3.05, 3.63) is 142 Å². The Labute approximate surface area is 201 Å². The number of ketones is 1. The number of fused-ring (bicyclic) bond motifs is 2. The average molecular weight is 463 g/mol. The van der Waals surface area contributed by atoms with Crippen molar-refractivity contribution >= 4 is 35.1 Å². The normalized spacial score (nSPS) is 12.3. The van der Waals surface area contributed by atoms with Gasteiger partial charge in [0.2, 0.25) is 5.91 Å². The van der Waals surface area contributed by atoms with E-state index < -0.39 is 17.5 Å². The second kappa shape index (κ2) is 9.31. The Morgan fingerprint density at radius 3 is 1.86 bits per heavy atom. The molecule has 4 aromatic rings. The lowest BCUT2D eigenvalue weighted by Gasteiger charge is -2.21. The lowest BCUT2D eigenvalue weighted by Crippen LogP contribution is -2.14. The van der Waals surface area contributed by atoms with E-state index in [1.165, 1.54) is 18.2 Å². The predicted octanol–water partition coefficient (Wildman–Crippen LogP) is 6.75. The van der Waals surface area contributed by atoms with Crippen molar-refractivity contribution in [1.29, 1.82) is 0 Å². The zero-order chi connectivity index (χ0) is 24.4. The Bertz CT molecular complexity index is 1470. The summed E-state index contributed by atoms with van der Waals surface area (Å²) in [5, 5.41) is 2.75. The molecule has 5 rings (SSSR count). The van der Waals surface area contributed by atoms with Gasteiger partial charge in [-0.3, -0.25) is 9.59 Å². The summed E-state index contributed by atoms with van der Waals surface area (Å²) in [6.07, 6.45) is 4.70. The highest BCUT2D eigenvalue weighted by Gasteiger charge is 2.26. The minimum Gasteiger partial charge on any atom is -0.323 e. The van der Waals surface area contributed by atoms with Crippen molar-refractivity contribution in [2.24, 2.45) is 0 Å². The summed E-state index contributed by atoms with van der Waals surface area (Å²) < 4.78 is 26.3. The van der Waals surface area contributed by atoms with E-state index in [0.29, 0.717) is 22.4 Å². The van der Waals surface area contributed by atoms with E-state index in [4.69, 9.17) is 0 Å². The molecule has 0 unspecified atom stereocenters. The van der Waals surface area contributed by atoms with Crippen LogP contribution in [0, 0.1) is 11.6 Å². The Kier molecular flexibility index (Phi) is 5.90. The van der Waals surface area contributed by atoms with Crippen LogP contribution in [-0.4, -0.2) is 11.7 Å². The fraction of sp³-hybridized carbons (Fsp3) is 0. The molecule has 0 bridgehead atoms. The number of hydrogen-bond donors (Lipinski definition) is 1. The van der Waals surface area contributed by atoms with Gasteiger partial charge in [-0.2, -0.15) is 0 Å². The number of benzene rings is 4. The standard InChI is InChI=1S/C30H19F2NO2/c31-27-15-11-20(18-28(27)32)12-16-29(34)33-21-13-9-19(10-14-21)17-26-22-5-1-3-7-24(22)30(35)25-8-4-2-6-23(25)26/h1-18H,(H,33,34)/b16-12+. The molecule has 0 aliphatic heterocycles. The van der Waals surface area contributed by atoms with E-state index in [1.54, 1.807) is 12.1 Å². The first-order valence-electron chi connectivity index (χ1n) is 11.0. The summed E-state index contributed by atoms with van der Waals surface area (Å²) in [5.74, 6) is -2.28. The van der Waals surface area contributed by atoms with Crippen molar-refractivity contribution in [3.8, 4) is 0 Å². The van der Waals surface area contributed by atoms with Gasteiger partial charge in [0, 0.05) is 22.9 Å². The summed E-state index contributed by atoms with van der Waals surface area (Å²) in [6.45, 7) is 0. The van der Waals surface area contributed by atoms with Gasteiger partial charge in [-0.25, -0.2) is 8.78 Å². The van der Waals surface area contributed by atoms with Gasteiger partial charge >= 0.3 is 0 Å². The maximum absolute atomic E-state index is 13.3. The quantitative estimate of drug-likeness (QED) is 0.300. The van der Waals surface area contributed by atoms with Crippen LogP contribution in [-0.2, 0) is 4.79 Å². The van der Waals surface area contributed by atoms with Crippen LogP contribution in [0.5, 0.6) is 0 Å². The maximum Gasteiger partial charge on any atom is 0.248 e. The van der Waals surface area contributed by atoms with Crippen LogP contribution in [0.3, 0.4) is 0 Å². The molecular formula is C30H19F2NO2. The van der Waals surface area contributed by atoms with Crippen LogP contribution in [0.15, 0.2) is 97.1 Å². The van der Waals surface area contributed by atoms with Gasteiger partial charge in [0.15, 0.2) is 17.4 Å². The van der Waals surface area contributed by atoms with Crippen LogP contribution in [0.4, 0.5) is 14.5 Å². The first-order valence-corrected chi connectivity index (χ1v) is 11.0. The van der Waals surface area contributed by atoms with Gasteiger partial charge in [-0.15, -0.1) is 0 Å². The molecule has 3 nitrogen and oxygen atoms in total. The molecular weight excluding hydrogens is 444 g/mol. The predicted molar refractivity (Wildman–Crippen MR) is 134 cm³/mol. The molecule has 4 aromatic carbocycles. The van der Waals surface area contributed by atoms with Gasteiger partial charge in [0.25, 0.3) is 0 Å². The van der Waals surface area contributed by atoms with Crippen LogP contribution < -0.4 is 5.32 Å². The lowest BCUT2D eigenvalue weighted by atomic mass is 9.81. The van der Waals surface area contributed by atoms with Gasteiger partial charge < -0.3 is 5.32 Å². The SMILES string of the molecule is O=C(/C=C/c1ccc(F)c(F)c1)Nc1ccc(C=C2c3ccccc3C(=O)c3ccccc32)cc1. The Morgan fingerprint density at radius 1 is 0.686 bits per heavy atom. The fourth-order valence-electron chi connectivity index (χ4n) is 4.08. The summed E-state index contributed by atoms with van der Waals surface area (Å²) in [4.78, 5) is 25.2. The number of carbonyl (C=O) groups is 2. The molecule has 1 aliphatic carbocycles. The highest BCUT2D eigenvalue weighted by atomic mass is 19.2. The van der Waals surface area contributed by atoms with E-state index >= 15 is 0 Å². The number of hydrogen-bond acceptors (Lipinski definition) is 2. The number of halogens is 2. The molecule has 1 amide bonds. The average Bonchev–Trinajstić information content (AvgIpc) is 2.88. The third-order valence-electron chi connectivity index (χ3n) is 5.78. The number of nitrogens with one attached hydrogen (secondary N) is 1. The Balaban J connectivity index is 1.37. The van der Waals surface area contributed by atoms with Crippen molar-refractivity contribution in [2.45, 2.75) is 0 Å². The van der Waals surface area contributed by atoms with E-state index in [1.807, 2.05) is 66.7 Å². The molecule has 35 heavy (non-hydrogen) atoms. The Morgan fingerprint density at radius 2 is 1.26 bits per heavy atom. The van der Waals surface area contributed by atoms with Gasteiger partial charge in [-0.1, -0.05) is 66.7 Å². The molecule has 1 N–H and O–H groups in total. The number of carbonyl (C=O) groups excluding carboxylic acids is 2. The van der Waals surface area contributed by atoms with Crippen LogP contribution in [0.25, 0.3) is 17.7 Å². The highest BCUT2D eigenvalue weighted by Crippen LogP contribution is 2.37. The van der Waals surface area contributed by atoms with Crippen LogP contribution in [0.2, 0.25) is 0 Å². The van der Waals surface area contributed by atoms with Crippen molar-refractivity contribution in [3.63, 3.8) is 0 Å². The summed E-state index contributed by atoms with van der Waals surface area (Å²) >= 11 is 0. The fourth-order valence-corrected chi connectivity index (χ4v) is 4.08. The van der Waals surface area contributed by atoms with Crippen molar-refractivity contribution in [1.82, 2.24) is 0 Å². The summed E-state index contributed by atoms with van der Waals surface area (Å²) in [7, 11) is 0. The van der Waals surface area contributed by atoms with Gasteiger partial charge in [0.05, 0.1) is 0 Å². The van der Waals surface area contributed by atoms with Gasteiger partial charge in [0.1, 0.15) is 0 Å². The minimum absolute atomic E-state index is 0.0165. The summed E-state index contributed by atoms with van der Waals surface area (Å²) in [6, 6.07) is 25.9. The molecule has 0 radical (unpaired) electrons. The van der Waals surface area contributed by atoms with Crippen LogP contribution in [0.1, 0.15) is 38.2 Å². The maximum atomic E-state index is 13.3. The second-order valence-corrected chi connectivity index (χ2v) is 8.10. The molecule has 0 atom stereocenters. The molecule has 0 spiro atoms. The minimum atomic E-state index is -0.968. The van der Waals surface area contributed by atoms with E-state index in [9.17, 15) is 18.4 Å². The van der Waals surface area contributed by atoms with Crippen molar-refractivity contribution in [2.75, 3.05) is 5.32 Å². The Hall–Kier alpha value is -4.64.